The highest BCUT2D eigenvalue weighted by Gasteiger charge is 2.21. The molecule has 0 aliphatic rings. The molecule has 0 spiro atoms. The highest BCUT2D eigenvalue weighted by Crippen LogP contribution is 2.31. The van der Waals surface area contributed by atoms with Crippen molar-refractivity contribution in [3.8, 4) is 0 Å². The summed E-state index contributed by atoms with van der Waals surface area (Å²) >= 11 is 3.31. The second-order valence-corrected chi connectivity index (χ2v) is 7.76. The molecule has 1 aromatic heterocycles. The zero-order valence-corrected chi connectivity index (χ0v) is 13.5. The van der Waals surface area contributed by atoms with E-state index in [0.717, 1.165) is 26.0 Å². The maximum absolute atomic E-state index is 12.0. The summed E-state index contributed by atoms with van der Waals surface area (Å²) in [6, 6.07) is 5.82. The zero-order valence-electron chi connectivity index (χ0n) is 11.9. The minimum Gasteiger partial charge on any atom is -0.326 e. The molecule has 20 heavy (non-hydrogen) atoms. The number of thioether (sulfide) groups is 1. The van der Waals surface area contributed by atoms with Crippen molar-refractivity contribution in [2.24, 2.45) is 5.41 Å². The molecule has 0 unspecified atom stereocenters. The minimum absolute atomic E-state index is 0.0163. The van der Waals surface area contributed by atoms with E-state index in [1.54, 1.807) is 23.1 Å². The van der Waals surface area contributed by atoms with Crippen molar-refractivity contribution >= 4 is 44.9 Å². The summed E-state index contributed by atoms with van der Waals surface area (Å²) in [6.45, 7) is 9.41. The van der Waals surface area contributed by atoms with Gasteiger partial charge in [-0.15, -0.1) is 17.9 Å². The molecule has 3 nitrogen and oxygen atoms in total. The predicted octanol–water partition coefficient (Wildman–Crippen LogP) is 4.56. The predicted molar refractivity (Wildman–Crippen MR) is 88.6 cm³/mol. The Morgan fingerprint density at radius 2 is 2.25 bits per heavy atom. The Bertz CT molecular complexity index is 641. The Morgan fingerprint density at radius 1 is 1.50 bits per heavy atom. The third-order valence-electron chi connectivity index (χ3n) is 2.63. The van der Waals surface area contributed by atoms with Crippen LogP contribution in [0.1, 0.15) is 20.8 Å². The fraction of sp³-hybridized carbons (Fsp3) is 0.333. The maximum Gasteiger partial charge on any atom is 0.229 e. The smallest absolute Gasteiger partial charge is 0.229 e. The third kappa shape index (κ3) is 3.61. The molecule has 5 heteroatoms. The van der Waals surface area contributed by atoms with E-state index in [1.807, 2.05) is 45.0 Å². The number of aromatic nitrogens is 1. The van der Waals surface area contributed by atoms with E-state index < -0.39 is 5.41 Å². The summed E-state index contributed by atoms with van der Waals surface area (Å²) in [6.07, 6.45) is 1.87. The van der Waals surface area contributed by atoms with Gasteiger partial charge in [-0.3, -0.25) is 4.79 Å². The number of anilines is 1. The van der Waals surface area contributed by atoms with E-state index in [2.05, 4.69) is 16.9 Å². The lowest BCUT2D eigenvalue weighted by atomic mass is 9.95. The summed E-state index contributed by atoms with van der Waals surface area (Å²) < 4.78 is 2.11. The van der Waals surface area contributed by atoms with Crippen molar-refractivity contribution in [1.29, 1.82) is 0 Å². The maximum atomic E-state index is 12.0. The number of hydrogen-bond acceptors (Lipinski definition) is 4. The summed E-state index contributed by atoms with van der Waals surface area (Å²) in [5, 5.41) is 2.94. The van der Waals surface area contributed by atoms with Crippen LogP contribution in [0, 0.1) is 5.41 Å². The molecule has 1 aromatic carbocycles. The SMILES string of the molecule is C=CCSc1nc2ccc(NC(=O)C(C)(C)C)cc2s1. The number of rotatable bonds is 4. The molecule has 0 radical (unpaired) electrons. The van der Waals surface area contributed by atoms with Gasteiger partial charge in [-0.05, 0) is 18.2 Å². The standard InChI is InChI=1S/C15H18N2OS2/c1-5-8-19-14-17-11-7-6-10(9-12(11)20-14)16-13(18)15(2,3)4/h5-7,9H,1,8H2,2-4H3,(H,16,18). The van der Waals surface area contributed by atoms with Gasteiger partial charge in [0.1, 0.15) is 0 Å². The first-order chi connectivity index (χ1) is 9.40. The molecular weight excluding hydrogens is 288 g/mol. The molecule has 0 fully saturated rings. The van der Waals surface area contributed by atoms with Gasteiger partial charge >= 0.3 is 0 Å². The molecule has 2 aromatic rings. The zero-order chi connectivity index (χ0) is 14.8. The summed E-state index contributed by atoms with van der Waals surface area (Å²) in [5.41, 5.74) is 1.39. The van der Waals surface area contributed by atoms with E-state index in [1.165, 1.54) is 0 Å². The van der Waals surface area contributed by atoms with Crippen LogP contribution in [0.4, 0.5) is 5.69 Å². The Morgan fingerprint density at radius 3 is 2.90 bits per heavy atom. The van der Waals surface area contributed by atoms with Gasteiger partial charge in [0.05, 0.1) is 10.2 Å². The lowest BCUT2D eigenvalue weighted by molar-refractivity contribution is -0.123. The number of nitrogens with zero attached hydrogens (tertiary/aromatic N) is 1. The van der Waals surface area contributed by atoms with Crippen LogP contribution < -0.4 is 5.32 Å². The highest BCUT2D eigenvalue weighted by molar-refractivity contribution is 8.01. The number of hydrogen-bond donors (Lipinski definition) is 1. The van der Waals surface area contributed by atoms with E-state index in [4.69, 9.17) is 0 Å². The number of thiazole rings is 1. The lowest BCUT2D eigenvalue weighted by Crippen LogP contribution is -2.27. The van der Waals surface area contributed by atoms with Crippen LogP contribution >= 0.6 is 23.1 Å². The molecule has 1 N–H and O–H groups in total. The largest absolute Gasteiger partial charge is 0.326 e. The van der Waals surface area contributed by atoms with Gasteiger partial charge in [0, 0.05) is 16.9 Å². The molecule has 106 valence electrons. The fourth-order valence-electron chi connectivity index (χ4n) is 1.49. The Hall–Kier alpha value is -1.33. The van der Waals surface area contributed by atoms with Crippen LogP contribution in [0.15, 0.2) is 35.2 Å². The van der Waals surface area contributed by atoms with Crippen molar-refractivity contribution in [3.63, 3.8) is 0 Å². The van der Waals surface area contributed by atoms with Crippen LogP contribution in [-0.2, 0) is 4.79 Å². The molecule has 2 rings (SSSR count). The first-order valence-electron chi connectivity index (χ1n) is 6.36. The number of fused-ring (bicyclic) bond motifs is 1. The Labute approximate surface area is 127 Å². The molecule has 0 atom stereocenters. The number of amides is 1. The third-order valence-corrected chi connectivity index (χ3v) is 4.79. The van der Waals surface area contributed by atoms with Crippen LogP contribution in [0.2, 0.25) is 0 Å². The minimum atomic E-state index is -0.395. The van der Waals surface area contributed by atoms with Crippen molar-refractivity contribution < 1.29 is 4.79 Å². The number of nitrogens with one attached hydrogen (secondary N) is 1. The lowest BCUT2D eigenvalue weighted by Gasteiger charge is -2.17. The van der Waals surface area contributed by atoms with Gasteiger partial charge < -0.3 is 5.32 Å². The topological polar surface area (TPSA) is 42.0 Å². The molecule has 0 saturated carbocycles. The van der Waals surface area contributed by atoms with E-state index >= 15 is 0 Å². The monoisotopic (exact) mass is 306 g/mol. The van der Waals surface area contributed by atoms with Crippen LogP contribution in [0.3, 0.4) is 0 Å². The number of benzene rings is 1. The van der Waals surface area contributed by atoms with Gasteiger partial charge in [0.25, 0.3) is 0 Å². The number of carbonyl (C=O) groups is 1. The van der Waals surface area contributed by atoms with E-state index in [-0.39, 0.29) is 5.91 Å². The first kappa shape index (κ1) is 15.1. The molecule has 0 aliphatic carbocycles. The van der Waals surface area contributed by atoms with Crippen molar-refractivity contribution in [2.75, 3.05) is 11.1 Å². The molecule has 0 aliphatic heterocycles. The van der Waals surface area contributed by atoms with Gasteiger partial charge in [0.15, 0.2) is 4.34 Å². The van der Waals surface area contributed by atoms with E-state index in [0.29, 0.717) is 0 Å². The highest BCUT2D eigenvalue weighted by atomic mass is 32.2. The van der Waals surface area contributed by atoms with Crippen LogP contribution in [-0.4, -0.2) is 16.6 Å². The van der Waals surface area contributed by atoms with Crippen molar-refractivity contribution in [1.82, 2.24) is 4.98 Å². The number of carbonyl (C=O) groups excluding carboxylic acids is 1. The Kier molecular flexibility index (Phi) is 4.50. The second kappa shape index (κ2) is 5.97. The molecule has 1 amide bonds. The molecule has 0 bridgehead atoms. The van der Waals surface area contributed by atoms with Crippen LogP contribution in [0.5, 0.6) is 0 Å². The van der Waals surface area contributed by atoms with Gasteiger partial charge in [-0.1, -0.05) is 38.6 Å². The second-order valence-electron chi connectivity index (χ2n) is 5.47. The Balaban J connectivity index is 2.20. The van der Waals surface area contributed by atoms with Crippen molar-refractivity contribution in [3.05, 3.63) is 30.9 Å². The van der Waals surface area contributed by atoms with E-state index in [9.17, 15) is 4.79 Å². The molecular formula is C15H18N2OS2. The first-order valence-corrected chi connectivity index (χ1v) is 8.16. The van der Waals surface area contributed by atoms with Crippen LogP contribution in [0.25, 0.3) is 10.2 Å². The van der Waals surface area contributed by atoms with Crippen molar-refractivity contribution in [2.45, 2.75) is 25.1 Å². The fourth-order valence-corrected chi connectivity index (χ4v) is 3.36. The van der Waals surface area contributed by atoms with Gasteiger partial charge in [0.2, 0.25) is 5.91 Å². The summed E-state index contributed by atoms with van der Waals surface area (Å²) in [4.78, 5) is 16.5. The average Bonchev–Trinajstić information content (AvgIpc) is 2.77. The summed E-state index contributed by atoms with van der Waals surface area (Å²) in [5.74, 6) is 0.871. The van der Waals surface area contributed by atoms with Gasteiger partial charge in [-0.2, -0.15) is 0 Å². The molecule has 1 heterocycles. The summed E-state index contributed by atoms with van der Waals surface area (Å²) in [7, 11) is 0. The quantitative estimate of drug-likeness (QED) is 0.665. The normalized spacial score (nSPS) is 11.6. The molecule has 0 saturated heterocycles. The average molecular weight is 306 g/mol. The van der Waals surface area contributed by atoms with Gasteiger partial charge in [-0.25, -0.2) is 4.98 Å².